The number of carbonyl (C=O) groups excluding carboxylic acids is 4. The summed E-state index contributed by atoms with van der Waals surface area (Å²) in [5.74, 6) is -2.36. The summed E-state index contributed by atoms with van der Waals surface area (Å²) >= 11 is 0. The molecule has 0 aromatic rings. The van der Waals surface area contributed by atoms with Gasteiger partial charge in [-0.05, 0) is 122 Å². The summed E-state index contributed by atoms with van der Waals surface area (Å²) in [5, 5.41) is 10.6. The molecule has 5 atom stereocenters. The van der Waals surface area contributed by atoms with Crippen molar-refractivity contribution < 1.29 is 80.2 Å². The van der Waals surface area contributed by atoms with Gasteiger partial charge in [0.1, 0.15) is 19.3 Å². The van der Waals surface area contributed by atoms with Crippen LogP contribution in [0, 0.1) is 0 Å². The molecule has 0 saturated carbocycles. The first kappa shape index (κ1) is 95.2. The summed E-state index contributed by atoms with van der Waals surface area (Å²) < 4.78 is 68.3. The van der Waals surface area contributed by atoms with Crippen LogP contribution in [-0.2, 0) is 65.4 Å². The van der Waals surface area contributed by atoms with E-state index in [1.54, 1.807) is 6.08 Å². The van der Waals surface area contributed by atoms with Gasteiger partial charge in [-0.15, -0.1) is 0 Å². The van der Waals surface area contributed by atoms with Crippen molar-refractivity contribution in [3.05, 3.63) is 134 Å². The normalized spacial score (nSPS) is 14.7. The summed E-state index contributed by atoms with van der Waals surface area (Å²) in [4.78, 5) is 72.8. The highest BCUT2D eigenvalue weighted by Crippen LogP contribution is 2.45. The molecule has 0 aliphatic carbocycles. The lowest BCUT2D eigenvalue weighted by Gasteiger charge is -2.21. The van der Waals surface area contributed by atoms with Crippen molar-refractivity contribution in [1.82, 2.24) is 0 Å². The highest BCUT2D eigenvalue weighted by molar-refractivity contribution is 7.47. The highest BCUT2D eigenvalue weighted by Gasteiger charge is 2.30. The van der Waals surface area contributed by atoms with Crippen LogP contribution < -0.4 is 0 Å². The third-order valence-electron chi connectivity index (χ3n) is 15.6. The number of unbranched alkanes of at least 4 members (excludes halogenated alkanes) is 24. The molecule has 0 heterocycles. The van der Waals surface area contributed by atoms with Gasteiger partial charge < -0.3 is 33.8 Å². The van der Waals surface area contributed by atoms with E-state index in [1.807, 2.05) is 18.2 Å². The number of phosphoric acid groups is 2. The Morgan fingerprint density at radius 1 is 0.300 bits per heavy atom. The molecule has 19 heteroatoms. The lowest BCUT2D eigenvalue weighted by atomic mass is 10.0. The zero-order valence-electron chi connectivity index (χ0n) is 62.3. The second kappa shape index (κ2) is 72.5. The molecular formula is C81H136O17P2. The molecular weight excluding hydrogens is 1310 g/mol. The number of rotatable bonds is 71. The van der Waals surface area contributed by atoms with Crippen LogP contribution in [0.3, 0.4) is 0 Å². The number of allylic oxidation sites excluding steroid dienone is 21. The number of aliphatic hydroxyl groups excluding tert-OH is 1. The zero-order valence-corrected chi connectivity index (χ0v) is 64.1. The molecule has 0 fully saturated rings. The Bertz CT molecular complexity index is 2420. The zero-order chi connectivity index (χ0) is 73.2. The average Bonchev–Trinajstić information content (AvgIpc) is 0.988. The van der Waals surface area contributed by atoms with Crippen LogP contribution in [0.25, 0.3) is 0 Å². The fraction of sp³-hybridized carbons (Fsp3) is 0.679. The second-order valence-corrected chi connectivity index (χ2v) is 28.1. The summed E-state index contributed by atoms with van der Waals surface area (Å²) in [6.45, 7) is 4.46. The van der Waals surface area contributed by atoms with Gasteiger partial charge in [0.25, 0.3) is 0 Å². The largest absolute Gasteiger partial charge is 0.472 e. The van der Waals surface area contributed by atoms with Gasteiger partial charge in [0.05, 0.1) is 32.8 Å². The Labute approximate surface area is 605 Å². The van der Waals surface area contributed by atoms with E-state index in [1.165, 1.54) is 70.6 Å². The molecule has 0 saturated heterocycles. The van der Waals surface area contributed by atoms with Crippen LogP contribution >= 0.6 is 15.6 Å². The molecule has 572 valence electrons. The van der Waals surface area contributed by atoms with E-state index in [9.17, 15) is 43.2 Å². The van der Waals surface area contributed by atoms with Crippen molar-refractivity contribution in [3.8, 4) is 0 Å². The Hall–Kier alpha value is -4.80. The van der Waals surface area contributed by atoms with Gasteiger partial charge in [-0.1, -0.05) is 283 Å². The van der Waals surface area contributed by atoms with E-state index >= 15 is 0 Å². The minimum atomic E-state index is -5.00. The Morgan fingerprint density at radius 3 is 0.910 bits per heavy atom. The molecule has 0 radical (unpaired) electrons. The van der Waals surface area contributed by atoms with Crippen LogP contribution in [0.15, 0.2) is 134 Å². The first-order chi connectivity index (χ1) is 48.7. The van der Waals surface area contributed by atoms with E-state index in [0.29, 0.717) is 25.7 Å². The number of aliphatic hydroxyl groups is 1. The first-order valence-electron chi connectivity index (χ1n) is 38.4. The van der Waals surface area contributed by atoms with Crippen LogP contribution in [0.2, 0.25) is 0 Å². The lowest BCUT2D eigenvalue weighted by Crippen LogP contribution is -2.30. The van der Waals surface area contributed by atoms with Crippen molar-refractivity contribution in [2.24, 2.45) is 0 Å². The van der Waals surface area contributed by atoms with Crippen molar-refractivity contribution in [1.29, 1.82) is 0 Å². The van der Waals surface area contributed by atoms with Crippen molar-refractivity contribution in [3.63, 3.8) is 0 Å². The smallest absolute Gasteiger partial charge is 0.462 e. The van der Waals surface area contributed by atoms with Crippen molar-refractivity contribution >= 4 is 39.5 Å². The Morgan fingerprint density at radius 2 is 0.560 bits per heavy atom. The third kappa shape index (κ3) is 71.6. The van der Waals surface area contributed by atoms with Crippen molar-refractivity contribution in [2.75, 3.05) is 39.6 Å². The topological polar surface area (TPSA) is 237 Å². The fourth-order valence-corrected chi connectivity index (χ4v) is 11.4. The number of hydrogen-bond acceptors (Lipinski definition) is 15. The Kier molecular flexibility index (Phi) is 69.1. The van der Waals surface area contributed by atoms with Crippen LogP contribution in [0.4, 0.5) is 0 Å². The molecule has 0 aromatic heterocycles. The van der Waals surface area contributed by atoms with Gasteiger partial charge in [-0.3, -0.25) is 37.3 Å². The van der Waals surface area contributed by atoms with E-state index in [4.69, 9.17) is 37.0 Å². The van der Waals surface area contributed by atoms with Gasteiger partial charge in [-0.2, -0.15) is 0 Å². The number of esters is 4. The minimum Gasteiger partial charge on any atom is -0.462 e. The molecule has 0 spiro atoms. The maximum atomic E-state index is 13.1. The second-order valence-electron chi connectivity index (χ2n) is 25.2. The van der Waals surface area contributed by atoms with Crippen LogP contribution in [0.5, 0.6) is 0 Å². The summed E-state index contributed by atoms with van der Waals surface area (Å²) in [6, 6.07) is 0. The maximum absolute atomic E-state index is 13.1. The Balaban J connectivity index is 5.44. The van der Waals surface area contributed by atoms with E-state index < -0.39 is 97.5 Å². The fourth-order valence-electron chi connectivity index (χ4n) is 9.84. The van der Waals surface area contributed by atoms with Gasteiger partial charge in [0.2, 0.25) is 0 Å². The summed E-state index contributed by atoms with van der Waals surface area (Å²) in [7, 11) is -9.99. The van der Waals surface area contributed by atoms with Gasteiger partial charge in [0.15, 0.2) is 12.2 Å². The number of phosphoric ester groups is 2. The molecule has 0 aliphatic heterocycles. The van der Waals surface area contributed by atoms with Crippen LogP contribution in [0.1, 0.15) is 297 Å². The third-order valence-corrected chi connectivity index (χ3v) is 17.5. The van der Waals surface area contributed by atoms with Crippen LogP contribution in [-0.4, -0.2) is 96.7 Å². The average molecular weight is 1440 g/mol. The summed E-state index contributed by atoms with van der Waals surface area (Å²) in [6.07, 6.45) is 80.4. The molecule has 0 aromatic carbocycles. The highest BCUT2D eigenvalue weighted by atomic mass is 31.2. The van der Waals surface area contributed by atoms with Gasteiger partial charge >= 0.3 is 39.5 Å². The standard InChI is InChI=1S/C81H136O17P2/c1-5-9-13-17-21-25-29-33-36-37-40-43-46-50-54-58-62-66-79(84)92-71-76(97-80(85)67-63-59-55-51-47-41-32-28-24-20-16-12-8-4)73-95-99(87,88)93-69-75(82)70-94-100(89,90)96-74-77(98-81(86)68-64-60-56-52-48-44-39-35-31-27-23-19-15-11-7-3)72-91-78(83)65-61-57-53-49-45-42-38-34-30-26-22-18-14-10-6-2/h9-10,13-14,21-23,25-27,33-36,38-40,43,45,49,57,61,75-77,82H,5-8,11-12,15-20,24,28-32,37,41-42,44,46-48,50-56,58-60,62-74H2,1-4H3,(H,87,88)(H,89,90)/b13-9-,14-10-,25-21-,26-22-,27-23-,36-33-,38-34-,39-35-,43-40-,49-45-,61-57-. The SMILES string of the molecule is CC/C=C\C/C=C\C/C=C\C/C=C\C/C=C\CC(=O)OCC(COP(=O)(O)OCC(O)COP(=O)(O)OCC(COC(=O)CCCCCC/C=C\C/C=C\C/C=C\C/C=C\CC)OC(=O)CCCCCCCCCCCCCCC)OC(=O)CCCCCCC/C=C\C/C=C\CCCCC. The molecule has 0 rings (SSSR count). The van der Waals surface area contributed by atoms with E-state index in [2.05, 4.69) is 137 Å². The maximum Gasteiger partial charge on any atom is 0.472 e. The number of hydrogen-bond donors (Lipinski definition) is 3. The molecule has 0 bridgehead atoms. The number of carbonyl (C=O) groups is 4. The molecule has 3 N–H and O–H groups in total. The van der Waals surface area contributed by atoms with Crippen molar-refractivity contribution in [2.45, 2.75) is 316 Å². The number of ether oxygens (including phenoxy) is 4. The molecule has 100 heavy (non-hydrogen) atoms. The van der Waals surface area contributed by atoms with Gasteiger partial charge in [0, 0.05) is 19.3 Å². The predicted molar refractivity (Wildman–Crippen MR) is 408 cm³/mol. The molecule has 0 amide bonds. The monoisotopic (exact) mass is 1440 g/mol. The van der Waals surface area contributed by atoms with Gasteiger partial charge in [-0.25, -0.2) is 9.13 Å². The van der Waals surface area contributed by atoms with E-state index in [-0.39, 0.29) is 25.7 Å². The molecule has 17 nitrogen and oxygen atoms in total. The lowest BCUT2D eigenvalue weighted by molar-refractivity contribution is -0.161. The molecule has 5 unspecified atom stereocenters. The van der Waals surface area contributed by atoms with E-state index in [0.717, 1.165) is 148 Å². The minimum absolute atomic E-state index is 0.0565. The predicted octanol–water partition coefficient (Wildman–Crippen LogP) is 22.1. The first-order valence-corrected chi connectivity index (χ1v) is 41.4. The summed E-state index contributed by atoms with van der Waals surface area (Å²) in [5.41, 5.74) is 0. The quantitative estimate of drug-likeness (QED) is 0.0169. The molecule has 0 aliphatic rings.